The van der Waals surface area contributed by atoms with Crippen molar-refractivity contribution in [2.24, 2.45) is 5.41 Å². The number of rotatable bonds is 5. The Morgan fingerprint density at radius 3 is 2.45 bits per heavy atom. The summed E-state index contributed by atoms with van der Waals surface area (Å²) in [6.07, 6.45) is 8.19. The molecule has 2 atom stereocenters. The fraction of sp³-hybridized carbons (Fsp3) is 0.320. The van der Waals surface area contributed by atoms with Crippen molar-refractivity contribution in [2.75, 3.05) is 19.6 Å². The Bertz CT molecular complexity index is 1040. The molecular weight excluding hydrogens is 408 g/mol. The Morgan fingerprint density at radius 1 is 0.968 bits per heavy atom. The van der Waals surface area contributed by atoms with Crippen molar-refractivity contribution < 1.29 is 4.79 Å². The van der Waals surface area contributed by atoms with E-state index >= 15 is 0 Å². The summed E-state index contributed by atoms with van der Waals surface area (Å²) in [6, 6.07) is 16.0. The Balaban J connectivity index is 1.41. The molecule has 5 nitrogen and oxygen atoms in total. The highest BCUT2D eigenvalue weighted by atomic mass is 35.5. The smallest absolute Gasteiger partial charge is 0.231 e. The molecule has 0 radical (unpaired) electrons. The van der Waals surface area contributed by atoms with Crippen LogP contribution in [0.4, 0.5) is 0 Å². The first-order chi connectivity index (χ1) is 15.1. The van der Waals surface area contributed by atoms with E-state index in [1.165, 1.54) is 5.56 Å². The number of hydrogen-bond donors (Lipinski definition) is 0. The van der Waals surface area contributed by atoms with Gasteiger partial charge in [-0.2, -0.15) is 0 Å². The second-order valence-electron chi connectivity index (χ2n) is 8.63. The van der Waals surface area contributed by atoms with Crippen LogP contribution in [0.25, 0.3) is 0 Å². The van der Waals surface area contributed by atoms with E-state index in [9.17, 15) is 4.79 Å². The van der Waals surface area contributed by atoms with E-state index in [-0.39, 0.29) is 11.8 Å². The molecule has 1 aromatic carbocycles. The van der Waals surface area contributed by atoms with Gasteiger partial charge < -0.3 is 4.90 Å². The zero-order chi connectivity index (χ0) is 21.3. The maximum Gasteiger partial charge on any atom is 0.231 e. The van der Waals surface area contributed by atoms with Crippen molar-refractivity contribution in [2.45, 2.75) is 25.4 Å². The molecule has 2 aromatic heterocycles. The van der Waals surface area contributed by atoms with Gasteiger partial charge in [0.15, 0.2) is 0 Å². The van der Waals surface area contributed by atoms with Gasteiger partial charge in [0.1, 0.15) is 0 Å². The minimum Gasteiger partial charge on any atom is -0.338 e. The van der Waals surface area contributed by atoms with E-state index in [0.717, 1.165) is 48.7 Å². The third kappa shape index (κ3) is 3.95. The lowest BCUT2D eigenvalue weighted by atomic mass is 9.73. The van der Waals surface area contributed by atoms with Gasteiger partial charge in [0.25, 0.3) is 0 Å². The van der Waals surface area contributed by atoms with Crippen molar-refractivity contribution in [3.05, 3.63) is 95.0 Å². The fourth-order valence-electron chi connectivity index (χ4n) is 5.17. The molecule has 31 heavy (non-hydrogen) atoms. The first-order valence-corrected chi connectivity index (χ1v) is 11.1. The third-order valence-corrected chi connectivity index (χ3v) is 6.91. The van der Waals surface area contributed by atoms with Crippen LogP contribution in [0.15, 0.2) is 73.3 Å². The number of benzene rings is 1. The largest absolute Gasteiger partial charge is 0.338 e. The number of amides is 1. The molecule has 1 amide bonds. The summed E-state index contributed by atoms with van der Waals surface area (Å²) in [5.41, 5.74) is 3.03. The average molecular weight is 433 g/mol. The zero-order valence-corrected chi connectivity index (χ0v) is 18.1. The number of carbonyl (C=O) groups excluding carboxylic acids is 1. The molecule has 4 heterocycles. The van der Waals surface area contributed by atoms with Crippen LogP contribution in [0.5, 0.6) is 0 Å². The molecule has 0 aliphatic carbocycles. The highest BCUT2D eigenvalue weighted by molar-refractivity contribution is 6.30. The van der Waals surface area contributed by atoms with Gasteiger partial charge in [-0.05, 0) is 47.4 Å². The molecule has 0 saturated carbocycles. The van der Waals surface area contributed by atoms with Gasteiger partial charge in [0.2, 0.25) is 5.91 Å². The second kappa shape index (κ2) is 8.40. The summed E-state index contributed by atoms with van der Waals surface area (Å²) >= 11 is 6.06. The molecule has 2 aliphatic rings. The third-order valence-electron chi connectivity index (χ3n) is 6.66. The SMILES string of the molecule is O=C1N(Cc2cccnc2)CC[C@]12CN(Cc1ccc(Cl)cc1)C[C@@H]2c1cccnc1. The van der Waals surface area contributed by atoms with Gasteiger partial charge in [-0.25, -0.2) is 0 Å². The van der Waals surface area contributed by atoms with Crippen molar-refractivity contribution in [1.82, 2.24) is 19.8 Å². The van der Waals surface area contributed by atoms with Crippen molar-refractivity contribution in [1.29, 1.82) is 0 Å². The molecule has 1 spiro atoms. The van der Waals surface area contributed by atoms with E-state index in [1.54, 1.807) is 12.4 Å². The topological polar surface area (TPSA) is 49.3 Å². The quantitative estimate of drug-likeness (QED) is 0.607. The monoisotopic (exact) mass is 432 g/mol. The van der Waals surface area contributed by atoms with Gasteiger partial charge in [0.05, 0.1) is 5.41 Å². The van der Waals surface area contributed by atoms with E-state index in [1.807, 2.05) is 47.6 Å². The fourth-order valence-corrected chi connectivity index (χ4v) is 5.30. The summed E-state index contributed by atoms with van der Waals surface area (Å²) in [7, 11) is 0. The molecule has 2 aliphatic heterocycles. The Hall–Kier alpha value is -2.76. The number of halogens is 1. The summed E-state index contributed by atoms with van der Waals surface area (Å²) in [4.78, 5) is 26.8. The van der Waals surface area contributed by atoms with E-state index < -0.39 is 5.41 Å². The van der Waals surface area contributed by atoms with Crippen molar-refractivity contribution in [3.8, 4) is 0 Å². The predicted octanol–water partition coefficient (Wildman–Crippen LogP) is 4.15. The molecule has 5 rings (SSSR count). The number of carbonyl (C=O) groups is 1. The lowest BCUT2D eigenvalue weighted by molar-refractivity contribution is -0.136. The van der Waals surface area contributed by atoms with Crippen LogP contribution >= 0.6 is 11.6 Å². The number of aromatic nitrogens is 2. The molecular formula is C25H25ClN4O. The summed E-state index contributed by atoms with van der Waals surface area (Å²) in [5, 5.41) is 0.742. The first kappa shape index (κ1) is 20.2. The van der Waals surface area contributed by atoms with Crippen LogP contribution in [0.1, 0.15) is 29.0 Å². The molecule has 2 fully saturated rings. The Morgan fingerprint density at radius 2 is 1.74 bits per heavy atom. The number of hydrogen-bond acceptors (Lipinski definition) is 4. The van der Waals surface area contributed by atoms with Gasteiger partial charge in [-0.1, -0.05) is 35.9 Å². The normalized spacial score (nSPS) is 23.7. The van der Waals surface area contributed by atoms with Crippen LogP contribution in [0.2, 0.25) is 5.02 Å². The molecule has 2 saturated heterocycles. The van der Waals surface area contributed by atoms with Gasteiger partial charge in [-0.3, -0.25) is 19.7 Å². The predicted molar refractivity (Wildman–Crippen MR) is 120 cm³/mol. The zero-order valence-electron chi connectivity index (χ0n) is 17.3. The molecule has 0 N–H and O–H groups in total. The lowest BCUT2D eigenvalue weighted by Gasteiger charge is -2.29. The highest BCUT2D eigenvalue weighted by Crippen LogP contribution is 2.50. The molecule has 0 unspecified atom stereocenters. The minimum atomic E-state index is -0.405. The van der Waals surface area contributed by atoms with E-state index in [4.69, 9.17) is 11.6 Å². The van der Waals surface area contributed by atoms with E-state index in [0.29, 0.717) is 6.54 Å². The summed E-state index contributed by atoms with van der Waals surface area (Å²) in [6.45, 7) is 3.81. The van der Waals surface area contributed by atoms with Crippen LogP contribution in [0, 0.1) is 5.41 Å². The number of nitrogens with zero attached hydrogens (tertiary/aromatic N) is 4. The van der Waals surface area contributed by atoms with Crippen LogP contribution in [-0.4, -0.2) is 45.3 Å². The van der Waals surface area contributed by atoms with Gasteiger partial charge >= 0.3 is 0 Å². The van der Waals surface area contributed by atoms with Crippen LogP contribution in [-0.2, 0) is 17.9 Å². The maximum absolute atomic E-state index is 13.8. The number of likely N-dealkylation sites (tertiary alicyclic amines) is 2. The summed E-state index contributed by atoms with van der Waals surface area (Å²) in [5.74, 6) is 0.392. The summed E-state index contributed by atoms with van der Waals surface area (Å²) < 4.78 is 0. The van der Waals surface area contributed by atoms with Crippen molar-refractivity contribution >= 4 is 17.5 Å². The van der Waals surface area contributed by atoms with Crippen LogP contribution < -0.4 is 0 Å². The van der Waals surface area contributed by atoms with Gasteiger partial charge in [0, 0.05) is 68.5 Å². The Labute approximate surface area is 187 Å². The van der Waals surface area contributed by atoms with Crippen molar-refractivity contribution in [3.63, 3.8) is 0 Å². The van der Waals surface area contributed by atoms with E-state index in [2.05, 4.69) is 33.1 Å². The van der Waals surface area contributed by atoms with Gasteiger partial charge in [-0.15, -0.1) is 0 Å². The minimum absolute atomic E-state index is 0.139. The standard InChI is InChI=1S/C25H25ClN4O/c26-22-7-5-19(6-8-22)15-29-17-23(21-4-2-11-28-14-21)25(18-29)9-12-30(24(25)31)16-20-3-1-10-27-13-20/h1-8,10-11,13-14,23H,9,12,15-18H2/t23-,25-/m1/s1. The molecule has 3 aromatic rings. The Kier molecular flexibility index (Phi) is 5.47. The number of pyridine rings is 2. The second-order valence-corrected chi connectivity index (χ2v) is 9.07. The highest BCUT2D eigenvalue weighted by Gasteiger charge is 2.56. The average Bonchev–Trinajstić information content (AvgIpc) is 3.32. The van der Waals surface area contributed by atoms with Crippen LogP contribution in [0.3, 0.4) is 0 Å². The molecule has 158 valence electrons. The lowest BCUT2D eigenvalue weighted by Crippen LogP contribution is -2.39. The molecule has 6 heteroatoms. The first-order valence-electron chi connectivity index (χ1n) is 10.7. The maximum atomic E-state index is 13.8. The molecule has 0 bridgehead atoms.